The fourth-order valence-corrected chi connectivity index (χ4v) is 2.72. The predicted molar refractivity (Wildman–Crippen MR) is 67.3 cm³/mol. The molecule has 15 heavy (non-hydrogen) atoms. The van der Waals surface area contributed by atoms with Crippen LogP contribution in [-0.4, -0.2) is 11.1 Å². The summed E-state index contributed by atoms with van der Waals surface area (Å²) in [6.45, 7) is 3.74. The van der Waals surface area contributed by atoms with Crippen LogP contribution in [0.25, 0.3) is 0 Å². The van der Waals surface area contributed by atoms with Crippen molar-refractivity contribution < 1.29 is 9.90 Å². The van der Waals surface area contributed by atoms with Gasteiger partial charge in [-0.1, -0.05) is 19.1 Å². The fourth-order valence-electron chi connectivity index (χ4n) is 1.34. The highest BCUT2D eigenvalue weighted by atomic mass is 79.9. The number of halogens is 2. The second kappa shape index (κ2) is 5.12. The number of hydrogen-bond donors (Lipinski definition) is 1. The first-order valence-electron chi connectivity index (χ1n) is 4.68. The fraction of sp³-hybridized carbons (Fsp3) is 0.364. The highest BCUT2D eigenvalue weighted by Crippen LogP contribution is 2.34. The van der Waals surface area contributed by atoms with E-state index in [0.717, 1.165) is 20.9 Å². The summed E-state index contributed by atoms with van der Waals surface area (Å²) in [5, 5.41) is 8.94. The van der Waals surface area contributed by atoms with Crippen molar-refractivity contribution in [2.24, 2.45) is 0 Å². The maximum atomic E-state index is 10.9. The van der Waals surface area contributed by atoms with E-state index in [1.807, 2.05) is 12.1 Å². The van der Waals surface area contributed by atoms with Gasteiger partial charge in [0.05, 0.1) is 5.92 Å². The number of rotatable bonds is 3. The van der Waals surface area contributed by atoms with Crippen LogP contribution in [0.4, 0.5) is 0 Å². The molecule has 1 aromatic rings. The molecule has 0 aliphatic rings. The van der Waals surface area contributed by atoms with E-state index in [0.29, 0.717) is 0 Å². The van der Waals surface area contributed by atoms with Crippen LogP contribution in [0.3, 0.4) is 0 Å². The van der Waals surface area contributed by atoms with Gasteiger partial charge in [-0.2, -0.15) is 0 Å². The number of carboxylic acid groups (broad SMARTS) is 1. The molecule has 4 heteroatoms. The van der Waals surface area contributed by atoms with Gasteiger partial charge in [0.1, 0.15) is 0 Å². The van der Waals surface area contributed by atoms with Crippen molar-refractivity contribution in [1.29, 1.82) is 0 Å². The quantitative estimate of drug-likeness (QED) is 0.907. The average Bonchev–Trinajstić information content (AvgIpc) is 2.21. The molecule has 0 aromatic heterocycles. The predicted octanol–water partition coefficient (Wildman–Crippen LogP) is 3.96. The van der Waals surface area contributed by atoms with Crippen LogP contribution in [-0.2, 0) is 11.2 Å². The van der Waals surface area contributed by atoms with Gasteiger partial charge in [0.25, 0.3) is 0 Å². The standard InChI is InChI=1S/C11H12Br2O2/c1-3-7-4-5-8(6(2)11(14)15)10(13)9(7)12/h4-6H,3H2,1-2H3,(H,14,15). The molecule has 2 nitrogen and oxygen atoms in total. The SMILES string of the molecule is CCc1ccc(C(C)C(=O)O)c(Br)c1Br. The number of aliphatic carboxylic acids is 1. The van der Waals surface area contributed by atoms with E-state index in [1.54, 1.807) is 6.92 Å². The molecule has 1 rings (SSSR count). The molecule has 1 unspecified atom stereocenters. The zero-order valence-electron chi connectivity index (χ0n) is 8.55. The minimum Gasteiger partial charge on any atom is -0.481 e. The Morgan fingerprint density at radius 1 is 1.40 bits per heavy atom. The first-order valence-corrected chi connectivity index (χ1v) is 6.27. The molecule has 0 radical (unpaired) electrons. The van der Waals surface area contributed by atoms with Crippen LogP contribution in [0.2, 0.25) is 0 Å². The molecule has 0 spiro atoms. The van der Waals surface area contributed by atoms with E-state index in [2.05, 4.69) is 38.8 Å². The summed E-state index contributed by atoms with van der Waals surface area (Å²) < 4.78 is 1.80. The lowest BCUT2D eigenvalue weighted by Gasteiger charge is -2.12. The van der Waals surface area contributed by atoms with E-state index in [9.17, 15) is 4.79 Å². The van der Waals surface area contributed by atoms with Crippen LogP contribution in [0.1, 0.15) is 30.9 Å². The Bertz CT molecular complexity index is 388. The van der Waals surface area contributed by atoms with Crippen LogP contribution < -0.4 is 0 Å². The van der Waals surface area contributed by atoms with Crippen molar-refractivity contribution in [1.82, 2.24) is 0 Å². The summed E-state index contributed by atoms with van der Waals surface area (Å²) in [5.41, 5.74) is 1.97. The second-order valence-electron chi connectivity index (χ2n) is 3.36. The third-order valence-electron chi connectivity index (χ3n) is 2.41. The zero-order chi connectivity index (χ0) is 11.6. The van der Waals surface area contributed by atoms with Crippen molar-refractivity contribution in [2.75, 3.05) is 0 Å². The molecular weight excluding hydrogens is 324 g/mol. The van der Waals surface area contributed by atoms with Crippen LogP contribution in [0, 0.1) is 0 Å². The van der Waals surface area contributed by atoms with Gasteiger partial charge in [-0.25, -0.2) is 0 Å². The molecule has 0 amide bonds. The van der Waals surface area contributed by atoms with Gasteiger partial charge in [0, 0.05) is 8.95 Å². The van der Waals surface area contributed by atoms with Gasteiger partial charge in [-0.3, -0.25) is 4.79 Å². The number of carbonyl (C=O) groups is 1. The van der Waals surface area contributed by atoms with Crippen molar-refractivity contribution in [3.05, 3.63) is 32.2 Å². The number of aryl methyl sites for hydroxylation is 1. The van der Waals surface area contributed by atoms with E-state index >= 15 is 0 Å². The highest BCUT2D eigenvalue weighted by molar-refractivity contribution is 9.13. The zero-order valence-corrected chi connectivity index (χ0v) is 11.7. The minimum atomic E-state index is -0.813. The Morgan fingerprint density at radius 3 is 2.47 bits per heavy atom. The van der Waals surface area contributed by atoms with Crippen molar-refractivity contribution >= 4 is 37.8 Å². The van der Waals surface area contributed by atoms with Gasteiger partial charge < -0.3 is 5.11 Å². The van der Waals surface area contributed by atoms with Crippen LogP contribution in [0.15, 0.2) is 21.1 Å². The molecule has 0 fully saturated rings. The smallest absolute Gasteiger partial charge is 0.310 e. The maximum Gasteiger partial charge on any atom is 0.310 e. The van der Waals surface area contributed by atoms with Gasteiger partial charge in [-0.15, -0.1) is 0 Å². The molecule has 0 aliphatic heterocycles. The summed E-state index contributed by atoms with van der Waals surface area (Å²) >= 11 is 6.90. The van der Waals surface area contributed by atoms with E-state index in [-0.39, 0.29) is 0 Å². The summed E-state index contributed by atoms with van der Waals surface area (Å²) in [7, 11) is 0. The van der Waals surface area contributed by atoms with Crippen LogP contribution >= 0.6 is 31.9 Å². The number of benzene rings is 1. The van der Waals surface area contributed by atoms with Crippen LogP contribution in [0.5, 0.6) is 0 Å². The molecule has 1 atom stereocenters. The van der Waals surface area contributed by atoms with Crippen molar-refractivity contribution in [3.8, 4) is 0 Å². The van der Waals surface area contributed by atoms with Gasteiger partial charge >= 0.3 is 5.97 Å². The Morgan fingerprint density at radius 2 is 2.00 bits per heavy atom. The normalized spacial score (nSPS) is 12.5. The van der Waals surface area contributed by atoms with E-state index in [1.165, 1.54) is 5.56 Å². The second-order valence-corrected chi connectivity index (χ2v) is 4.94. The topological polar surface area (TPSA) is 37.3 Å². The molecular formula is C11H12Br2O2. The molecule has 0 bridgehead atoms. The molecule has 0 heterocycles. The average molecular weight is 336 g/mol. The minimum absolute atomic E-state index is 0.499. The third-order valence-corrected chi connectivity index (χ3v) is 4.70. The monoisotopic (exact) mass is 334 g/mol. The Hall–Kier alpha value is -0.350. The van der Waals surface area contributed by atoms with E-state index < -0.39 is 11.9 Å². The maximum absolute atomic E-state index is 10.9. The van der Waals surface area contributed by atoms with Crippen molar-refractivity contribution in [2.45, 2.75) is 26.2 Å². The van der Waals surface area contributed by atoms with Gasteiger partial charge in [0.15, 0.2) is 0 Å². The summed E-state index contributed by atoms with van der Waals surface area (Å²) in [4.78, 5) is 10.9. The molecule has 0 saturated carbocycles. The molecule has 1 aromatic carbocycles. The Labute approximate surface area is 106 Å². The lowest BCUT2D eigenvalue weighted by molar-refractivity contribution is -0.138. The number of hydrogen-bond acceptors (Lipinski definition) is 1. The molecule has 0 saturated heterocycles. The summed E-state index contributed by atoms with van der Waals surface area (Å²) in [6.07, 6.45) is 0.918. The molecule has 0 aliphatic carbocycles. The molecule has 82 valence electrons. The van der Waals surface area contributed by atoms with Gasteiger partial charge in [-0.05, 0) is 56.3 Å². The number of carboxylic acids is 1. The highest BCUT2D eigenvalue weighted by Gasteiger charge is 2.18. The summed E-state index contributed by atoms with van der Waals surface area (Å²) in [6, 6.07) is 3.83. The lowest BCUT2D eigenvalue weighted by atomic mass is 9.99. The lowest BCUT2D eigenvalue weighted by Crippen LogP contribution is -2.08. The van der Waals surface area contributed by atoms with Gasteiger partial charge in [0.2, 0.25) is 0 Å². The first kappa shape index (κ1) is 12.7. The van der Waals surface area contributed by atoms with E-state index in [4.69, 9.17) is 5.11 Å². The Kier molecular flexibility index (Phi) is 4.34. The largest absolute Gasteiger partial charge is 0.481 e. The summed E-state index contributed by atoms with van der Waals surface area (Å²) in [5.74, 6) is -1.31. The Balaban J connectivity index is 3.23. The third kappa shape index (κ3) is 2.61. The van der Waals surface area contributed by atoms with Crippen molar-refractivity contribution in [3.63, 3.8) is 0 Å². The molecule has 1 N–H and O–H groups in total. The first-order chi connectivity index (χ1) is 6.99.